The monoisotopic (exact) mass is 291 g/mol. The molecule has 0 fully saturated rings. The third-order valence-electron chi connectivity index (χ3n) is 3.46. The third-order valence-corrected chi connectivity index (χ3v) is 3.46. The highest BCUT2D eigenvalue weighted by Crippen LogP contribution is 2.09. The summed E-state index contributed by atoms with van der Waals surface area (Å²) in [7, 11) is 0. The number of unbranched alkanes of at least 4 members (excludes halogenated alkanes) is 1. The number of carboxylic acids is 1. The minimum absolute atomic E-state index is 0.136. The van der Waals surface area contributed by atoms with Crippen molar-refractivity contribution in [2.45, 2.75) is 52.5 Å². The van der Waals surface area contributed by atoms with Crippen molar-refractivity contribution in [3.63, 3.8) is 0 Å². The molecule has 0 spiro atoms. The molecule has 0 saturated heterocycles. The van der Waals surface area contributed by atoms with E-state index in [1.54, 1.807) is 13.8 Å². The molecule has 1 aromatic carbocycles. The normalized spacial score (nSPS) is 12.2. The van der Waals surface area contributed by atoms with E-state index >= 15 is 0 Å². The highest BCUT2D eigenvalue weighted by atomic mass is 16.4. The van der Waals surface area contributed by atoms with E-state index in [1.165, 1.54) is 5.56 Å². The first kappa shape index (κ1) is 17.2. The van der Waals surface area contributed by atoms with E-state index in [4.69, 9.17) is 5.11 Å². The lowest BCUT2D eigenvalue weighted by atomic mass is 10.0. The number of aryl methyl sites for hydroxylation is 1. The first-order valence-corrected chi connectivity index (χ1v) is 7.54. The van der Waals surface area contributed by atoms with Crippen molar-refractivity contribution in [1.82, 2.24) is 5.32 Å². The van der Waals surface area contributed by atoms with E-state index in [9.17, 15) is 9.59 Å². The lowest BCUT2D eigenvalue weighted by Gasteiger charge is -2.17. The standard InChI is InChI=1S/C17H25NO3/c1-4-5-6-13-7-9-14(10-8-13)11-15(19)18-16(12(2)3)17(20)21/h7-10,12,16H,4-6,11H2,1-3H3,(H,18,19)(H,20,21). The van der Waals surface area contributed by atoms with Gasteiger partial charge in [-0.1, -0.05) is 51.5 Å². The SMILES string of the molecule is CCCCc1ccc(CC(=O)NC(C(=O)O)C(C)C)cc1. The molecule has 21 heavy (non-hydrogen) atoms. The number of rotatable bonds is 8. The van der Waals surface area contributed by atoms with Crippen LogP contribution in [0.3, 0.4) is 0 Å². The Morgan fingerprint density at radius 1 is 1.14 bits per heavy atom. The molecule has 4 heteroatoms. The van der Waals surface area contributed by atoms with Crippen LogP contribution < -0.4 is 5.32 Å². The Kier molecular flexibility index (Phi) is 6.92. The number of hydrogen-bond acceptors (Lipinski definition) is 2. The summed E-state index contributed by atoms with van der Waals surface area (Å²) >= 11 is 0. The summed E-state index contributed by atoms with van der Waals surface area (Å²) in [5.41, 5.74) is 2.17. The molecule has 0 saturated carbocycles. The van der Waals surface area contributed by atoms with E-state index in [1.807, 2.05) is 24.3 Å². The summed E-state index contributed by atoms with van der Waals surface area (Å²) in [6, 6.07) is 7.12. The zero-order valence-corrected chi connectivity index (χ0v) is 13.1. The van der Waals surface area contributed by atoms with Gasteiger partial charge in [0.15, 0.2) is 0 Å². The summed E-state index contributed by atoms with van der Waals surface area (Å²) < 4.78 is 0. The first-order valence-electron chi connectivity index (χ1n) is 7.54. The molecule has 1 rings (SSSR count). The molecular weight excluding hydrogens is 266 g/mol. The summed E-state index contributed by atoms with van der Waals surface area (Å²) in [5.74, 6) is -1.38. The van der Waals surface area contributed by atoms with Gasteiger partial charge in [-0.3, -0.25) is 4.79 Å². The molecule has 1 aromatic rings. The van der Waals surface area contributed by atoms with E-state index in [0.717, 1.165) is 24.8 Å². The van der Waals surface area contributed by atoms with Crippen molar-refractivity contribution in [3.8, 4) is 0 Å². The zero-order valence-electron chi connectivity index (χ0n) is 13.1. The van der Waals surface area contributed by atoms with Crippen molar-refractivity contribution < 1.29 is 14.7 Å². The van der Waals surface area contributed by atoms with Gasteiger partial charge < -0.3 is 10.4 Å². The summed E-state index contributed by atoms with van der Waals surface area (Å²) in [5, 5.41) is 11.6. The second-order valence-electron chi connectivity index (χ2n) is 5.72. The number of carbonyl (C=O) groups excluding carboxylic acids is 1. The highest BCUT2D eigenvalue weighted by molar-refractivity contribution is 5.85. The summed E-state index contributed by atoms with van der Waals surface area (Å²) in [4.78, 5) is 23.0. The van der Waals surface area contributed by atoms with Crippen molar-refractivity contribution >= 4 is 11.9 Å². The lowest BCUT2D eigenvalue weighted by molar-refractivity contribution is -0.143. The molecule has 1 unspecified atom stereocenters. The van der Waals surface area contributed by atoms with E-state index < -0.39 is 12.0 Å². The van der Waals surface area contributed by atoms with Crippen molar-refractivity contribution in [2.75, 3.05) is 0 Å². The second kappa shape index (κ2) is 8.45. The topological polar surface area (TPSA) is 66.4 Å². The zero-order chi connectivity index (χ0) is 15.8. The smallest absolute Gasteiger partial charge is 0.326 e. The Hall–Kier alpha value is -1.84. The van der Waals surface area contributed by atoms with Crippen LogP contribution in [0.5, 0.6) is 0 Å². The fraction of sp³-hybridized carbons (Fsp3) is 0.529. The molecule has 2 N–H and O–H groups in total. The molecule has 4 nitrogen and oxygen atoms in total. The van der Waals surface area contributed by atoms with E-state index in [2.05, 4.69) is 12.2 Å². The summed E-state index contributed by atoms with van der Waals surface area (Å²) in [6.07, 6.45) is 3.59. The third kappa shape index (κ3) is 5.98. The Morgan fingerprint density at radius 3 is 2.19 bits per heavy atom. The van der Waals surface area contributed by atoms with Gasteiger partial charge in [-0.25, -0.2) is 4.79 Å². The molecule has 0 radical (unpaired) electrons. The quantitative estimate of drug-likeness (QED) is 0.774. The lowest BCUT2D eigenvalue weighted by Crippen LogP contribution is -2.44. The van der Waals surface area contributed by atoms with Crippen molar-refractivity contribution in [1.29, 1.82) is 0 Å². The van der Waals surface area contributed by atoms with Crippen LogP contribution in [0.2, 0.25) is 0 Å². The van der Waals surface area contributed by atoms with Crippen LogP contribution in [-0.4, -0.2) is 23.0 Å². The van der Waals surface area contributed by atoms with E-state index in [0.29, 0.717) is 0 Å². The molecular formula is C17H25NO3. The maximum absolute atomic E-state index is 11.9. The maximum Gasteiger partial charge on any atom is 0.326 e. The van der Waals surface area contributed by atoms with E-state index in [-0.39, 0.29) is 18.2 Å². The molecule has 0 aliphatic rings. The van der Waals surface area contributed by atoms with Crippen molar-refractivity contribution in [2.24, 2.45) is 5.92 Å². The van der Waals surface area contributed by atoms with Gasteiger partial charge in [0.2, 0.25) is 5.91 Å². The van der Waals surface area contributed by atoms with Crippen LogP contribution in [0.25, 0.3) is 0 Å². The molecule has 0 aliphatic carbocycles. The average molecular weight is 291 g/mol. The minimum Gasteiger partial charge on any atom is -0.480 e. The molecule has 0 aromatic heterocycles. The number of amides is 1. The molecule has 0 heterocycles. The number of carboxylic acid groups (broad SMARTS) is 1. The Bertz CT molecular complexity index is 465. The molecule has 1 amide bonds. The van der Waals surface area contributed by atoms with Crippen LogP contribution in [0.1, 0.15) is 44.7 Å². The molecule has 0 bridgehead atoms. The number of nitrogens with one attached hydrogen (secondary N) is 1. The Morgan fingerprint density at radius 2 is 1.71 bits per heavy atom. The number of hydrogen-bond donors (Lipinski definition) is 2. The average Bonchev–Trinajstić information content (AvgIpc) is 2.43. The first-order chi connectivity index (χ1) is 9.93. The maximum atomic E-state index is 11.9. The van der Waals surface area contributed by atoms with Crippen LogP contribution >= 0.6 is 0 Å². The number of aliphatic carboxylic acids is 1. The van der Waals surface area contributed by atoms with Crippen LogP contribution in [-0.2, 0) is 22.4 Å². The predicted octanol–water partition coefficient (Wildman–Crippen LogP) is 2.80. The molecule has 116 valence electrons. The number of benzene rings is 1. The number of carbonyl (C=O) groups is 2. The molecule has 0 aliphatic heterocycles. The van der Waals surface area contributed by atoms with Crippen LogP contribution in [0, 0.1) is 5.92 Å². The predicted molar refractivity (Wildman–Crippen MR) is 83.2 cm³/mol. The Balaban J connectivity index is 2.56. The Labute approximate surface area is 126 Å². The van der Waals surface area contributed by atoms with Gasteiger partial charge in [-0.2, -0.15) is 0 Å². The van der Waals surface area contributed by atoms with Crippen LogP contribution in [0.15, 0.2) is 24.3 Å². The van der Waals surface area contributed by atoms with Gasteiger partial charge in [0.05, 0.1) is 6.42 Å². The fourth-order valence-electron chi connectivity index (χ4n) is 2.13. The van der Waals surface area contributed by atoms with Gasteiger partial charge in [0.1, 0.15) is 6.04 Å². The van der Waals surface area contributed by atoms with Crippen LogP contribution in [0.4, 0.5) is 0 Å². The van der Waals surface area contributed by atoms with Crippen molar-refractivity contribution in [3.05, 3.63) is 35.4 Å². The summed E-state index contributed by atoms with van der Waals surface area (Å²) in [6.45, 7) is 5.72. The minimum atomic E-state index is -0.992. The highest BCUT2D eigenvalue weighted by Gasteiger charge is 2.23. The van der Waals surface area contributed by atoms with Gasteiger partial charge in [0, 0.05) is 0 Å². The molecule has 1 atom stereocenters. The van der Waals surface area contributed by atoms with Gasteiger partial charge >= 0.3 is 5.97 Å². The fourth-order valence-corrected chi connectivity index (χ4v) is 2.13. The van der Waals surface area contributed by atoms with Gasteiger partial charge in [-0.15, -0.1) is 0 Å². The largest absolute Gasteiger partial charge is 0.480 e. The van der Waals surface area contributed by atoms with Gasteiger partial charge in [0.25, 0.3) is 0 Å². The van der Waals surface area contributed by atoms with Gasteiger partial charge in [-0.05, 0) is 29.9 Å². The second-order valence-corrected chi connectivity index (χ2v) is 5.72.